The molecule has 1 aromatic carbocycles. The first-order valence-electron chi connectivity index (χ1n) is 6.27. The highest BCUT2D eigenvalue weighted by Crippen LogP contribution is 2.10. The van der Waals surface area contributed by atoms with Crippen LogP contribution in [0, 0.1) is 0 Å². The Balaban J connectivity index is 2.50. The van der Waals surface area contributed by atoms with Crippen LogP contribution in [0.2, 0.25) is 0 Å². The monoisotopic (exact) mass is 296 g/mol. The quantitative estimate of drug-likeness (QED) is 0.763. The average molecular weight is 297 g/mol. The van der Waals surface area contributed by atoms with Gasteiger partial charge in [-0.05, 0) is 12.1 Å². The lowest BCUT2D eigenvalue weighted by atomic mass is 10.2. The second-order valence-electron chi connectivity index (χ2n) is 4.41. The van der Waals surface area contributed by atoms with Crippen LogP contribution >= 0.6 is 11.6 Å². The van der Waals surface area contributed by atoms with Crippen molar-refractivity contribution in [3.63, 3.8) is 0 Å². The molecule has 1 aromatic heterocycles. The first kappa shape index (κ1) is 15.0. The van der Waals surface area contributed by atoms with Crippen molar-refractivity contribution in [1.29, 1.82) is 0 Å². The van der Waals surface area contributed by atoms with E-state index in [0.717, 1.165) is 0 Å². The van der Waals surface area contributed by atoms with Crippen molar-refractivity contribution in [1.82, 2.24) is 9.55 Å². The van der Waals surface area contributed by atoms with Gasteiger partial charge in [0.2, 0.25) is 0 Å². The molecule has 108 valence electrons. The second kappa shape index (κ2) is 6.83. The van der Waals surface area contributed by atoms with Crippen molar-refractivity contribution in [2.75, 3.05) is 20.8 Å². The van der Waals surface area contributed by atoms with Gasteiger partial charge in [-0.1, -0.05) is 12.1 Å². The third kappa shape index (κ3) is 3.00. The molecule has 1 atom stereocenters. The maximum Gasteiger partial charge on any atom is 0.261 e. The number of hydrogen-bond acceptors (Lipinski definition) is 4. The van der Waals surface area contributed by atoms with Gasteiger partial charge in [-0.25, -0.2) is 4.98 Å². The number of rotatable bonds is 6. The number of benzene rings is 1. The van der Waals surface area contributed by atoms with Gasteiger partial charge in [0.05, 0.1) is 36.0 Å². The van der Waals surface area contributed by atoms with E-state index in [9.17, 15) is 4.79 Å². The number of fused-ring (bicyclic) bond motifs is 1. The van der Waals surface area contributed by atoms with E-state index in [1.807, 2.05) is 12.1 Å². The lowest BCUT2D eigenvalue weighted by Gasteiger charge is -2.18. The summed E-state index contributed by atoms with van der Waals surface area (Å²) in [6, 6.07) is 7.23. The summed E-state index contributed by atoms with van der Waals surface area (Å²) in [5.74, 6) is 0.706. The molecule has 1 unspecified atom stereocenters. The first-order chi connectivity index (χ1) is 9.71. The lowest BCUT2D eigenvalue weighted by Crippen LogP contribution is -2.33. The normalized spacial score (nSPS) is 12.8. The molecule has 0 amide bonds. The molecule has 5 nitrogen and oxygen atoms in total. The van der Waals surface area contributed by atoms with Gasteiger partial charge in [-0.3, -0.25) is 9.36 Å². The maximum absolute atomic E-state index is 12.5. The zero-order valence-electron chi connectivity index (χ0n) is 11.5. The summed E-state index contributed by atoms with van der Waals surface area (Å²) in [6.45, 7) is 0.764. The fraction of sp³-hybridized carbons (Fsp3) is 0.429. The summed E-state index contributed by atoms with van der Waals surface area (Å²) >= 11 is 5.91. The minimum Gasteiger partial charge on any atom is -0.382 e. The molecule has 0 aliphatic heterocycles. The number of alkyl halides is 1. The second-order valence-corrected chi connectivity index (χ2v) is 4.67. The number of halogens is 1. The minimum absolute atomic E-state index is 0.107. The summed E-state index contributed by atoms with van der Waals surface area (Å²) in [7, 11) is 3.18. The van der Waals surface area contributed by atoms with Crippen LogP contribution in [0.3, 0.4) is 0 Å². The van der Waals surface area contributed by atoms with Gasteiger partial charge in [0.1, 0.15) is 5.82 Å². The Morgan fingerprint density at radius 1 is 1.35 bits per heavy atom. The van der Waals surface area contributed by atoms with Crippen molar-refractivity contribution in [3.05, 3.63) is 40.4 Å². The van der Waals surface area contributed by atoms with E-state index in [0.29, 0.717) is 29.9 Å². The Hall–Kier alpha value is -1.43. The molecule has 0 N–H and O–H groups in total. The van der Waals surface area contributed by atoms with Crippen LogP contribution in [-0.4, -0.2) is 36.5 Å². The topological polar surface area (TPSA) is 53.4 Å². The van der Waals surface area contributed by atoms with E-state index in [-0.39, 0.29) is 17.5 Å². The van der Waals surface area contributed by atoms with E-state index >= 15 is 0 Å². The number of methoxy groups -OCH3 is 2. The van der Waals surface area contributed by atoms with Crippen LogP contribution in [0.4, 0.5) is 0 Å². The average Bonchev–Trinajstić information content (AvgIpc) is 2.49. The van der Waals surface area contributed by atoms with Crippen LogP contribution in [0.15, 0.2) is 29.1 Å². The molecule has 0 saturated heterocycles. The van der Waals surface area contributed by atoms with Gasteiger partial charge in [0.15, 0.2) is 0 Å². The van der Waals surface area contributed by atoms with Gasteiger partial charge >= 0.3 is 0 Å². The third-order valence-electron chi connectivity index (χ3n) is 3.13. The van der Waals surface area contributed by atoms with Gasteiger partial charge < -0.3 is 9.47 Å². The third-order valence-corrected chi connectivity index (χ3v) is 3.37. The maximum atomic E-state index is 12.5. The number of nitrogens with zero attached hydrogens (tertiary/aromatic N) is 2. The summed E-state index contributed by atoms with van der Waals surface area (Å²) in [4.78, 5) is 17.0. The van der Waals surface area contributed by atoms with Crippen LogP contribution in [0.5, 0.6) is 0 Å². The fourth-order valence-corrected chi connectivity index (χ4v) is 2.29. The molecule has 1 heterocycles. The van der Waals surface area contributed by atoms with Crippen molar-refractivity contribution in [2.45, 2.75) is 18.5 Å². The molecule has 0 radical (unpaired) electrons. The lowest BCUT2D eigenvalue weighted by molar-refractivity contribution is 0.0173. The largest absolute Gasteiger partial charge is 0.382 e. The summed E-state index contributed by atoms with van der Waals surface area (Å²) in [6.07, 6.45) is -0.220. The Morgan fingerprint density at radius 2 is 2.10 bits per heavy atom. The Morgan fingerprint density at radius 3 is 2.75 bits per heavy atom. The van der Waals surface area contributed by atoms with Crippen LogP contribution < -0.4 is 5.56 Å². The van der Waals surface area contributed by atoms with E-state index in [4.69, 9.17) is 21.1 Å². The molecular formula is C14H17ClN2O3. The number of para-hydroxylation sites is 1. The van der Waals surface area contributed by atoms with Crippen molar-refractivity contribution >= 4 is 22.5 Å². The molecule has 0 spiro atoms. The smallest absolute Gasteiger partial charge is 0.261 e. The standard InChI is InChI=1S/C14H17ClN2O3/c1-19-9-10(20-2)8-17-13(7-15)16-12-6-4-3-5-11(12)14(17)18/h3-6,10H,7-9H2,1-2H3. The van der Waals surface area contributed by atoms with Crippen LogP contribution in [0.25, 0.3) is 10.9 Å². The Bertz CT molecular complexity index is 642. The van der Waals surface area contributed by atoms with Crippen molar-refractivity contribution in [3.8, 4) is 0 Å². The van der Waals surface area contributed by atoms with E-state index < -0.39 is 0 Å². The van der Waals surface area contributed by atoms with Gasteiger partial charge in [0, 0.05) is 14.2 Å². The van der Waals surface area contributed by atoms with Crippen LogP contribution in [-0.2, 0) is 21.9 Å². The van der Waals surface area contributed by atoms with Gasteiger partial charge in [-0.2, -0.15) is 0 Å². The molecule has 2 aromatic rings. The molecule has 2 rings (SSSR count). The molecule has 0 fully saturated rings. The molecule has 6 heteroatoms. The number of ether oxygens (including phenoxy) is 2. The summed E-state index contributed by atoms with van der Waals surface area (Å²) < 4.78 is 11.9. The molecule has 0 aliphatic rings. The zero-order chi connectivity index (χ0) is 14.5. The zero-order valence-corrected chi connectivity index (χ0v) is 12.3. The van der Waals surface area contributed by atoms with E-state index in [2.05, 4.69) is 4.98 Å². The van der Waals surface area contributed by atoms with Gasteiger partial charge in [0.25, 0.3) is 5.56 Å². The SMILES string of the molecule is COCC(Cn1c(CCl)nc2ccccc2c1=O)OC. The summed E-state index contributed by atoms with van der Waals surface area (Å²) in [5.41, 5.74) is 0.550. The fourth-order valence-electron chi connectivity index (χ4n) is 2.09. The highest BCUT2D eigenvalue weighted by molar-refractivity contribution is 6.16. The molecule has 0 saturated carbocycles. The van der Waals surface area contributed by atoms with Crippen LogP contribution in [0.1, 0.15) is 5.82 Å². The Kier molecular flexibility index (Phi) is 5.11. The van der Waals surface area contributed by atoms with Crippen molar-refractivity contribution < 1.29 is 9.47 Å². The Labute approximate surface area is 122 Å². The molecule has 0 bridgehead atoms. The minimum atomic E-state index is -0.220. The first-order valence-corrected chi connectivity index (χ1v) is 6.80. The predicted molar refractivity (Wildman–Crippen MR) is 78.2 cm³/mol. The summed E-state index contributed by atoms with van der Waals surface area (Å²) in [5, 5.41) is 0.577. The van der Waals surface area contributed by atoms with E-state index in [1.165, 1.54) is 0 Å². The molecular weight excluding hydrogens is 280 g/mol. The predicted octanol–water partition coefficient (Wildman–Crippen LogP) is 1.80. The molecule has 20 heavy (non-hydrogen) atoms. The highest BCUT2D eigenvalue weighted by atomic mass is 35.5. The van der Waals surface area contributed by atoms with Gasteiger partial charge in [-0.15, -0.1) is 11.6 Å². The number of aromatic nitrogens is 2. The van der Waals surface area contributed by atoms with Crippen molar-refractivity contribution in [2.24, 2.45) is 0 Å². The number of hydrogen-bond donors (Lipinski definition) is 0. The van der Waals surface area contributed by atoms with E-state index in [1.54, 1.807) is 30.9 Å². The molecule has 0 aliphatic carbocycles. The highest BCUT2D eigenvalue weighted by Gasteiger charge is 2.15.